The smallest absolute Gasteiger partial charge is 0.269 e. The molecule has 0 saturated carbocycles. The summed E-state index contributed by atoms with van der Waals surface area (Å²) in [6, 6.07) is 4.83. The topological polar surface area (TPSA) is 222 Å². The van der Waals surface area contributed by atoms with Crippen LogP contribution in [0.5, 0.6) is 5.75 Å². The van der Waals surface area contributed by atoms with Gasteiger partial charge in [-0.3, -0.25) is 10.1 Å². The molecule has 1 aromatic rings. The number of hydrogen-bond donors (Lipinski definition) is 7. The molecule has 0 radical (unpaired) electrons. The van der Waals surface area contributed by atoms with E-state index >= 15 is 0 Å². The Morgan fingerprint density at radius 1 is 0.812 bits per heavy atom. The van der Waals surface area contributed by atoms with Crippen molar-refractivity contribution in [2.75, 3.05) is 13.2 Å². The fourth-order valence-corrected chi connectivity index (χ4v) is 3.43. The molecule has 2 fully saturated rings. The number of nitro benzene ring substituents is 1. The Hall–Kier alpha value is -1.98. The van der Waals surface area contributed by atoms with E-state index < -0.39 is 79.5 Å². The van der Waals surface area contributed by atoms with Gasteiger partial charge in [0.15, 0.2) is 6.29 Å². The Morgan fingerprint density at radius 2 is 1.38 bits per heavy atom. The van der Waals surface area contributed by atoms with Crippen LogP contribution in [0.1, 0.15) is 0 Å². The number of aliphatic hydroxyl groups is 7. The molecular weight excluding hydrogens is 438 g/mol. The van der Waals surface area contributed by atoms with Crippen molar-refractivity contribution in [2.45, 2.75) is 61.4 Å². The minimum atomic E-state index is -1.77. The Balaban J connectivity index is 1.70. The van der Waals surface area contributed by atoms with Crippen molar-refractivity contribution in [3.05, 3.63) is 34.4 Å². The number of nitro groups is 1. The molecule has 2 heterocycles. The minimum Gasteiger partial charge on any atom is -0.462 e. The molecule has 0 bridgehead atoms. The number of rotatable bonds is 7. The van der Waals surface area contributed by atoms with Gasteiger partial charge in [-0.2, -0.15) is 0 Å². The highest BCUT2D eigenvalue weighted by atomic mass is 16.7. The zero-order chi connectivity index (χ0) is 23.6. The maximum absolute atomic E-state index is 10.7. The van der Waals surface area contributed by atoms with Gasteiger partial charge in [-0.1, -0.05) is 0 Å². The number of nitrogens with zero attached hydrogens (tertiary/aromatic N) is 1. The van der Waals surface area contributed by atoms with Crippen LogP contribution in [0, 0.1) is 10.1 Å². The molecule has 0 aliphatic carbocycles. The second kappa shape index (κ2) is 10.3. The van der Waals surface area contributed by atoms with Crippen LogP contribution in [0.25, 0.3) is 0 Å². The first-order chi connectivity index (χ1) is 15.2. The lowest BCUT2D eigenvalue weighted by Gasteiger charge is -2.45. The summed E-state index contributed by atoms with van der Waals surface area (Å²) >= 11 is 0. The van der Waals surface area contributed by atoms with Crippen molar-refractivity contribution in [3.63, 3.8) is 0 Å². The highest BCUT2D eigenvalue weighted by molar-refractivity contribution is 5.36. The molecule has 2 aliphatic rings. The van der Waals surface area contributed by atoms with Gasteiger partial charge < -0.3 is 54.7 Å². The van der Waals surface area contributed by atoms with Crippen LogP contribution in [0.4, 0.5) is 5.69 Å². The maximum atomic E-state index is 10.7. The Kier molecular flexibility index (Phi) is 7.94. The van der Waals surface area contributed by atoms with Crippen molar-refractivity contribution < 1.29 is 59.6 Å². The molecule has 0 spiro atoms. The molecule has 0 unspecified atom stereocenters. The van der Waals surface area contributed by atoms with Gasteiger partial charge in [0.25, 0.3) is 5.69 Å². The monoisotopic (exact) mass is 463 g/mol. The second-order valence-corrected chi connectivity index (χ2v) is 7.37. The second-order valence-electron chi connectivity index (χ2n) is 7.37. The van der Waals surface area contributed by atoms with Gasteiger partial charge >= 0.3 is 0 Å². The molecule has 7 N–H and O–H groups in total. The first-order valence-electron chi connectivity index (χ1n) is 9.67. The lowest BCUT2D eigenvalue weighted by Crippen LogP contribution is -2.65. The van der Waals surface area contributed by atoms with Crippen LogP contribution in [0.3, 0.4) is 0 Å². The predicted molar refractivity (Wildman–Crippen MR) is 100 cm³/mol. The van der Waals surface area contributed by atoms with Gasteiger partial charge in [0.1, 0.15) is 54.6 Å². The fraction of sp³-hybridized carbons (Fsp3) is 0.667. The van der Waals surface area contributed by atoms with E-state index in [4.69, 9.17) is 18.9 Å². The average molecular weight is 463 g/mol. The normalized spacial score (nSPS) is 40.1. The Morgan fingerprint density at radius 3 is 1.94 bits per heavy atom. The van der Waals surface area contributed by atoms with E-state index in [1.54, 1.807) is 0 Å². The molecule has 14 nitrogen and oxygen atoms in total. The van der Waals surface area contributed by atoms with Crippen LogP contribution in [0.15, 0.2) is 24.3 Å². The van der Waals surface area contributed by atoms with Crippen molar-refractivity contribution in [1.29, 1.82) is 0 Å². The van der Waals surface area contributed by atoms with E-state index in [-0.39, 0.29) is 11.4 Å². The molecule has 1 aromatic carbocycles. The zero-order valence-corrected chi connectivity index (χ0v) is 16.5. The molecule has 0 amide bonds. The lowest BCUT2D eigenvalue weighted by atomic mass is 9.97. The van der Waals surface area contributed by atoms with Crippen molar-refractivity contribution >= 4 is 5.69 Å². The molecule has 180 valence electrons. The highest BCUT2D eigenvalue weighted by Gasteiger charge is 2.51. The summed E-state index contributed by atoms with van der Waals surface area (Å²) in [4.78, 5) is 10.1. The highest BCUT2D eigenvalue weighted by Crippen LogP contribution is 2.30. The molecule has 2 aliphatic heterocycles. The van der Waals surface area contributed by atoms with E-state index in [1.807, 2.05) is 0 Å². The molecular formula is C18H25NO13. The number of ether oxygens (including phenoxy) is 4. The van der Waals surface area contributed by atoms with Crippen LogP contribution >= 0.6 is 0 Å². The van der Waals surface area contributed by atoms with Gasteiger partial charge in [0.2, 0.25) is 6.29 Å². The molecule has 14 heteroatoms. The quantitative estimate of drug-likeness (QED) is 0.155. The number of hydrogen-bond acceptors (Lipinski definition) is 13. The van der Waals surface area contributed by atoms with Gasteiger partial charge in [0.05, 0.1) is 18.1 Å². The van der Waals surface area contributed by atoms with E-state index in [1.165, 1.54) is 12.1 Å². The van der Waals surface area contributed by atoms with Gasteiger partial charge in [-0.25, -0.2) is 0 Å². The third kappa shape index (κ3) is 4.99. The first kappa shape index (κ1) is 24.7. The molecule has 2 saturated heterocycles. The SMILES string of the molecule is O=[N+]([O-])c1ccc(O[C@H]2O[C@H](CO)[C@@H](O[C@@H]3O[C@H](CO)[C@@H](O)[C@H](O)[C@H]3O)[C@H](O)[C@H]2O)cc1. The molecule has 32 heavy (non-hydrogen) atoms. The summed E-state index contributed by atoms with van der Waals surface area (Å²) in [6.45, 7) is -1.42. The zero-order valence-electron chi connectivity index (χ0n) is 16.5. The average Bonchev–Trinajstić information content (AvgIpc) is 2.79. The first-order valence-corrected chi connectivity index (χ1v) is 9.67. The Labute approximate surface area is 180 Å². The summed E-state index contributed by atoms with van der Waals surface area (Å²) in [5.41, 5.74) is -0.191. The summed E-state index contributed by atoms with van der Waals surface area (Å²) in [7, 11) is 0. The molecule has 10 atom stereocenters. The van der Waals surface area contributed by atoms with Crippen LogP contribution in [0.2, 0.25) is 0 Å². The Bertz CT molecular complexity index is 760. The lowest BCUT2D eigenvalue weighted by molar-refractivity contribution is -0.384. The molecule has 3 rings (SSSR count). The largest absolute Gasteiger partial charge is 0.462 e. The summed E-state index contributed by atoms with van der Waals surface area (Å²) < 4.78 is 21.5. The van der Waals surface area contributed by atoms with E-state index in [0.717, 1.165) is 12.1 Å². The van der Waals surface area contributed by atoms with Crippen LogP contribution in [-0.4, -0.2) is 115 Å². The maximum Gasteiger partial charge on any atom is 0.269 e. The third-order valence-corrected chi connectivity index (χ3v) is 5.26. The van der Waals surface area contributed by atoms with Crippen molar-refractivity contribution in [1.82, 2.24) is 0 Å². The minimum absolute atomic E-state index is 0.0804. The van der Waals surface area contributed by atoms with E-state index in [9.17, 15) is 45.9 Å². The summed E-state index contributed by atoms with van der Waals surface area (Å²) in [6.07, 6.45) is -15.7. The third-order valence-electron chi connectivity index (χ3n) is 5.26. The summed E-state index contributed by atoms with van der Waals surface area (Å²) in [5, 5.41) is 80.4. The van der Waals surface area contributed by atoms with Gasteiger partial charge in [0, 0.05) is 12.1 Å². The standard InChI is InChI=1S/C18H25NO13/c20-5-9-11(22)12(23)14(25)18(30-9)32-16-10(6-21)31-17(15(26)13(16)24)29-8-3-1-7(2-4-8)19(27)28/h1-4,9-18,20-26H,5-6H2/t9-,10-,11-,12+,13-,14-,15-,16-,17+,18+/m1/s1. The fourth-order valence-electron chi connectivity index (χ4n) is 3.43. The number of benzene rings is 1. The number of aliphatic hydroxyl groups excluding tert-OH is 7. The van der Waals surface area contributed by atoms with E-state index in [2.05, 4.69) is 0 Å². The predicted octanol–water partition coefficient (Wildman–Crippen LogP) is -3.40. The van der Waals surface area contributed by atoms with Crippen LogP contribution < -0.4 is 4.74 Å². The van der Waals surface area contributed by atoms with Gasteiger partial charge in [-0.15, -0.1) is 0 Å². The van der Waals surface area contributed by atoms with Crippen molar-refractivity contribution in [2.24, 2.45) is 0 Å². The summed E-state index contributed by atoms with van der Waals surface area (Å²) in [5.74, 6) is 0.0804. The van der Waals surface area contributed by atoms with Gasteiger partial charge in [-0.05, 0) is 12.1 Å². The molecule has 0 aromatic heterocycles. The van der Waals surface area contributed by atoms with Crippen molar-refractivity contribution in [3.8, 4) is 5.75 Å². The van der Waals surface area contributed by atoms with E-state index in [0.29, 0.717) is 0 Å². The van der Waals surface area contributed by atoms with Crippen LogP contribution in [-0.2, 0) is 14.2 Å². The number of non-ortho nitro benzene ring substituents is 1.